The van der Waals surface area contributed by atoms with Crippen molar-refractivity contribution < 1.29 is 22.7 Å². The number of halogens is 3. The number of hydrogen-bond acceptors (Lipinski definition) is 6. The number of rotatable bonds is 3. The number of fused-ring (bicyclic) bond motifs is 1. The van der Waals surface area contributed by atoms with Crippen LogP contribution in [0.25, 0.3) is 22.0 Å². The minimum Gasteiger partial charge on any atom is -0.444 e. The molecule has 1 atom stereocenters. The molecule has 2 aromatic carbocycles. The second kappa shape index (κ2) is 12.4. The van der Waals surface area contributed by atoms with Gasteiger partial charge in [0, 0.05) is 42.0 Å². The fourth-order valence-electron chi connectivity index (χ4n) is 3.80. The quantitative estimate of drug-likeness (QED) is 0.408. The maximum atomic E-state index is 12.9. The van der Waals surface area contributed by atoms with Gasteiger partial charge in [-0.15, -0.1) is 10.2 Å². The smallest absolute Gasteiger partial charge is 0.416 e. The largest absolute Gasteiger partial charge is 0.444 e. The van der Waals surface area contributed by atoms with E-state index in [-0.39, 0.29) is 12.1 Å². The number of anilines is 1. The number of nitrogens with one attached hydrogen (secondary N) is 1. The van der Waals surface area contributed by atoms with Crippen LogP contribution in [0.4, 0.5) is 23.8 Å². The summed E-state index contributed by atoms with van der Waals surface area (Å²) in [5, 5.41) is 20.1. The molecule has 1 amide bonds. The summed E-state index contributed by atoms with van der Waals surface area (Å²) in [6.07, 6.45) is -4.01. The topological polar surface area (TPSA) is 91.1 Å². The van der Waals surface area contributed by atoms with E-state index in [9.17, 15) is 18.0 Å². The Bertz CT molecular complexity index is 1200. The third-order valence-corrected chi connectivity index (χ3v) is 5.35. The van der Waals surface area contributed by atoms with Crippen molar-refractivity contribution in [3.8, 4) is 17.8 Å². The van der Waals surface area contributed by atoms with Crippen molar-refractivity contribution in [2.45, 2.75) is 58.9 Å². The normalized spacial score (nSPS) is 15.2. The van der Waals surface area contributed by atoms with Gasteiger partial charge in [0.05, 0.1) is 5.56 Å². The van der Waals surface area contributed by atoms with Crippen molar-refractivity contribution in [2.24, 2.45) is 0 Å². The first-order valence-corrected chi connectivity index (χ1v) is 11.9. The van der Waals surface area contributed by atoms with E-state index in [0.717, 1.165) is 29.3 Å². The van der Waals surface area contributed by atoms with Gasteiger partial charge in [0.2, 0.25) is 0 Å². The number of ether oxygens (including phenoxy) is 1. The van der Waals surface area contributed by atoms with Gasteiger partial charge in [0.25, 0.3) is 0 Å². The Labute approximate surface area is 215 Å². The molecule has 2 heterocycles. The van der Waals surface area contributed by atoms with Gasteiger partial charge in [-0.1, -0.05) is 50.2 Å². The number of carbonyl (C=O) groups is 1. The van der Waals surface area contributed by atoms with Crippen LogP contribution in [-0.2, 0) is 10.9 Å². The maximum absolute atomic E-state index is 12.9. The number of nitrogens with zero attached hydrogens (tertiary/aromatic N) is 4. The van der Waals surface area contributed by atoms with Crippen LogP contribution in [0.2, 0.25) is 0 Å². The van der Waals surface area contributed by atoms with E-state index in [1.165, 1.54) is 12.1 Å². The molecule has 1 saturated heterocycles. The number of likely N-dealkylation sites (tertiary alicyclic amines) is 1. The van der Waals surface area contributed by atoms with Crippen molar-refractivity contribution >= 4 is 22.7 Å². The molecule has 1 aliphatic rings. The van der Waals surface area contributed by atoms with Gasteiger partial charge in [0.15, 0.2) is 5.82 Å². The monoisotopic (exact) mass is 515 g/mol. The highest BCUT2D eigenvalue weighted by Crippen LogP contribution is 2.34. The second-order valence-electron chi connectivity index (χ2n) is 9.07. The highest BCUT2D eigenvalue weighted by molar-refractivity contribution is 6.00. The Hall–Kier alpha value is -3.87. The summed E-state index contributed by atoms with van der Waals surface area (Å²) >= 11 is 0. The van der Waals surface area contributed by atoms with Gasteiger partial charge >= 0.3 is 12.3 Å². The highest BCUT2D eigenvalue weighted by Gasteiger charge is 2.31. The molecule has 0 bridgehead atoms. The second-order valence-corrected chi connectivity index (χ2v) is 9.07. The van der Waals surface area contributed by atoms with Crippen molar-refractivity contribution in [3.63, 3.8) is 0 Å². The number of benzene rings is 2. The zero-order valence-electron chi connectivity index (χ0n) is 21.6. The number of hydrogen-bond donors (Lipinski definition) is 1. The van der Waals surface area contributed by atoms with Crippen molar-refractivity contribution in [2.75, 3.05) is 18.4 Å². The zero-order valence-corrected chi connectivity index (χ0v) is 21.6. The van der Waals surface area contributed by atoms with E-state index in [1.807, 2.05) is 58.9 Å². The molecule has 10 heteroatoms. The number of alkyl halides is 3. The van der Waals surface area contributed by atoms with Crippen molar-refractivity contribution in [3.05, 3.63) is 54.1 Å². The molecule has 1 aliphatic heterocycles. The van der Waals surface area contributed by atoms with Crippen molar-refractivity contribution in [1.82, 2.24) is 15.1 Å². The maximum Gasteiger partial charge on any atom is 0.416 e. The number of nitriles is 1. The van der Waals surface area contributed by atoms with Crippen LogP contribution < -0.4 is 5.32 Å². The average Bonchev–Trinajstić information content (AvgIpc) is 3.34. The lowest BCUT2D eigenvalue weighted by Crippen LogP contribution is -2.36. The Morgan fingerprint density at radius 3 is 2.19 bits per heavy atom. The van der Waals surface area contributed by atoms with E-state index in [0.29, 0.717) is 30.2 Å². The first-order chi connectivity index (χ1) is 17.5. The number of aromatic nitrogens is 2. The predicted molar refractivity (Wildman–Crippen MR) is 138 cm³/mol. The summed E-state index contributed by atoms with van der Waals surface area (Å²) in [6.45, 7) is 14.0. The minimum absolute atomic E-state index is 0.0212. The molecule has 0 aliphatic carbocycles. The molecule has 0 spiro atoms. The summed E-state index contributed by atoms with van der Waals surface area (Å²) in [5.74, 6) is 0.567. The first-order valence-electron chi connectivity index (χ1n) is 11.9. The third kappa shape index (κ3) is 7.56. The van der Waals surface area contributed by atoms with Gasteiger partial charge in [-0.25, -0.2) is 10.1 Å². The zero-order chi connectivity index (χ0) is 27.8. The van der Waals surface area contributed by atoms with Crippen LogP contribution in [0.1, 0.15) is 46.6 Å². The van der Waals surface area contributed by atoms with E-state index < -0.39 is 17.3 Å². The summed E-state index contributed by atoms with van der Waals surface area (Å²) in [7, 11) is 0. The van der Waals surface area contributed by atoms with Crippen LogP contribution >= 0.6 is 0 Å². The molecule has 0 unspecified atom stereocenters. The molecule has 1 N–H and O–H groups in total. The van der Waals surface area contributed by atoms with Gasteiger partial charge in [-0.05, 0) is 39.3 Å². The Kier molecular flexibility index (Phi) is 9.83. The molecule has 7 nitrogen and oxygen atoms in total. The minimum atomic E-state index is -4.39. The fourth-order valence-corrected chi connectivity index (χ4v) is 3.80. The summed E-state index contributed by atoms with van der Waals surface area (Å²) in [4.78, 5) is 14.0. The standard InChI is InChI=1S/C24H25F3N4O2.C2H6.CHN/c1-23(2,3)33-22(32)31-13-12-17(14-31)28-21-19-7-5-4-6-18(19)20(29-30-21)15-8-10-16(11-9-15)24(25,26)27;2*1-2/h4-11,17H,12-14H2,1-3H3,(H,28,30);1-2H3;1H/t17-;;/m1../s1. The lowest BCUT2D eigenvalue weighted by atomic mass is 10.0. The Morgan fingerprint density at radius 2 is 1.62 bits per heavy atom. The number of carbonyl (C=O) groups excluding carboxylic acids is 1. The summed E-state index contributed by atoms with van der Waals surface area (Å²) in [5.41, 5.74) is -0.210. The lowest BCUT2D eigenvalue weighted by Gasteiger charge is -2.24. The van der Waals surface area contributed by atoms with Crippen LogP contribution in [0.3, 0.4) is 0 Å². The molecule has 0 saturated carbocycles. The molecule has 0 radical (unpaired) electrons. The Morgan fingerprint density at radius 1 is 1.03 bits per heavy atom. The van der Waals surface area contributed by atoms with Gasteiger partial charge in [-0.2, -0.15) is 13.2 Å². The molecular weight excluding hydrogens is 483 g/mol. The van der Waals surface area contributed by atoms with E-state index in [2.05, 4.69) is 22.1 Å². The van der Waals surface area contributed by atoms with E-state index in [1.54, 1.807) is 4.90 Å². The van der Waals surface area contributed by atoms with Crippen LogP contribution in [-0.4, -0.2) is 45.9 Å². The molecule has 1 fully saturated rings. The van der Waals surface area contributed by atoms with Gasteiger partial charge < -0.3 is 15.0 Å². The fraction of sp³-hybridized carbons (Fsp3) is 0.407. The molecule has 198 valence electrons. The van der Waals surface area contributed by atoms with E-state index >= 15 is 0 Å². The van der Waals surface area contributed by atoms with Gasteiger partial charge in [0.1, 0.15) is 11.3 Å². The third-order valence-electron chi connectivity index (χ3n) is 5.35. The first kappa shape index (κ1) is 29.4. The Balaban J connectivity index is 0.00000115. The molecular formula is C27H32F3N5O2. The average molecular weight is 516 g/mol. The van der Waals surface area contributed by atoms with E-state index in [4.69, 9.17) is 10.00 Å². The molecule has 1 aromatic heterocycles. The summed E-state index contributed by atoms with van der Waals surface area (Å²) < 4.78 is 44.2. The summed E-state index contributed by atoms with van der Waals surface area (Å²) in [6, 6.07) is 12.3. The van der Waals surface area contributed by atoms with Crippen LogP contribution in [0.15, 0.2) is 48.5 Å². The van der Waals surface area contributed by atoms with Crippen molar-refractivity contribution in [1.29, 1.82) is 5.26 Å². The van der Waals surface area contributed by atoms with Crippen LogP contribution in [0, 0.1) is 11.8 Å². The molecule has 4 rings (SSSR count). The van der Waals surface area contributed by atoms with Crippen LogP contribution in [0.5, 0.6) is 0 Å². The lowest BCUT2D eigenvalue weighted by molar-refractivity contribution is -0.137. The number of amides is 1. The molecule has 37 heavy (non-hydrogen) atoms. The highest BCUT2D eigenvalue weighted by atomic mass is 19.4. The molecule has 3 aromatic rings. The van der Waals surface area contributed by atoms with Gasteiger partial charge in [-0.3, -0.25) is 0 Å². The predicted octanol–water partition coefficient (Wildman–Crippen LogP) is 6.90. The SMILES string of the molecule is C#N.CC.CC(C)(C)OC(=O)N1CC[C@@H](Nc2nnc(-c3ccc(C(F)(F)F)cc3)c3ccccc23)C1.